The van der Waals surface area contributed by atoms with E-state index in [1.165, 1.54) is 14.0 Å². The van der Waals surface area contributed by atoms with Crippen LogP contribution in [0.5, 0.6) is 0 Å². The van der Waals surface area contributed by atoms with E-state index in [1.54, 1.807) is 6.92 Å². The van der Waals surface area contributed by atoms with Gasteiger partial charge in [-0.05, 0) is 6.92 Å². The number of carbonyl (C=O) groups excluding carboxylic acids is 2. The minimum atomic E-state index is -0.245. The number of hydrogen-bond donors (Lipinski definition) is 0. The first-order chi connectivity index (χ1) is 5.04. The Bertz CT molecular complexity index is 123. The molecule has 0 bridgehead atoms. The maximum absolute atomic E-state index is 10.0. The van der Waals surface area contributed by atoms with Crippen LogP contribution in [0.4, 0.5) is 0 Å². The molecule has 0 rings (SSSR count). The van der Waals surface area contributed by atoms with Crippen LogP contribution in [0.3, 0.4) is 0 Å². The first-order valence-electron chi connectivity index (χ1n) is 3.14. The van der Waals surface area contributed by atoms with Crippen molar-refractivity contribution in [3.8, 4) is 0 Å². The molecule has 0 atom stereocenters. The number of hydrogen-bond acceptors (Lipinski definition) is 3. The molecule has 0 fully saturated rings. The zero-order valence-corrected chi connectivity index (χ0v) is 9.17. The minimum Gasteiger partial charge on any atom is -0.469 e. The molecule has 0 unspecified atom stereocenters. The van der Waals surface area contributed by atoms with Gasteiger partial charge in [0.05, 0.1) is 7.11 Å². The lowest BCUT2D eigenvalue weighted by atomic mass is 10.4. The van der Waals surface area contributed by atoms with Gasteiger partial charge in [-0.1, -0.05) is 22.6 Å². The third kappa shape index (κ3) is 25.8. The van der Waals surface area contributed by atoms with Crippen LogP contribution in [0.25, 0.3) is 0 Å². The SMILES string of the molecule is CC(=O)CCI.COC(C)=O. The van der Waals surface area contributed by atoms with Crippen molar-refractivity contribution in [1.82, 2.24) is 0 Å². The Hall–Kier alpha value is -0.130. The molecular formula is C7H13IO3. The summed E-state index contributed by atoms with van der Waals surface area (Å²) in [5, 5.41) is 0. The molecule has 0 aliphatic heterocycles. The molecule has 0 aromatic heterocycles. The van der Waals surface area contributed by atoms with Crippen molar-refractivity contribution in [3.63, 3.8) is 0 Å². The largest absolute Gasteiger partial charge is 0.469 e. The normalized spacial score (nSPS) is 7.64. The van der Waals surface area contributed by atoms with Gasteiger partial charge in [0, 0.05) is 17.8 Å². The van der Waals surface area contributed by atoms with E-state index in [9.17, 15) is 9.59 Å². The number of alkyl halides is 1. The van der Waals surface area contributed by atoms with Gasteiger partial charge in [0.25, 0.3) is 0 Å². The van der Waals surface area contributed by atoms with E-state index in [2.05, 4.69) is 27.3 Å². The van der Waals surface area contributed by atoms with Crippen molar-refractivity contribution < 1.29 is 14.3 Å². The number of ketones is 1. The molecule has 0 aromatic rings. The number of rotatable bonds is 2. The summed E-state index contributed by atoms with van der Waals surface area (Å²) in [6, 6.07) is 0. The fourth-order valence-corrected chi connectivity index (χ4v) is 0.893. The highest BCUT2D eigenvalue weighted by Gasteiger charge is 1.84. The van der Waals surface area contributed by atoms with Crippen molar-refractivity contribution in [3.05, 3.63) is 0 Å². The summed E-state index contributed by atoms with van der Waals surface area (Å²) in [7, 11) is 1.35. The van der Waals surface area contributed by atoms with Gasteiger partial charge in [-0.15, -0.1) is 0 Å². The van der Waals surface area contributed by atoms with Crippen LogP contribution in [0.15, 0.2) is 0 Å². The molecule has 0 saturated heterocycles. The van der Waals surface area contributed by atoms with Gasteiger partial charge in [-0.2, -0.15) is 0 Å². The van der Waals surface area contributed by atoms with Gasteiger partial charge < -0.3 is 9.53 Å². The Morgan fingerprint density at radius 3 is 1.73 bits per heavy atom. The number of carbonyl (C=O) groups is 2. The topological polar surface area (TPSA) is 43.4 Å². The molecular weight excluding hydrogens is 259 g/mol. The summed E-state index contributed by atoms with van der Waals surface area (Å²) in [5.41, 5.74) is 0. The minimum absolute atomic E-state index is 0.245. The van der Waals surface area contributed by atoms with Crippen molar-refractivity contribution >= 4 is 34.3 Å². The molecule has 0 saturated carbocycles. The molecule has 0 aliphatic carbocycles. The third-order valence-corrected chi connectivity index (χ3v) is 1.27. The highest BCUT2D eigenvalue weighted by molar-refractivity contribution is 14.1. The Morgan fingerprint density at radius 1 is 1.36 bits per heavy atom. The molecule has 4 heteroatoms. The lowest BCUT2D eigenvalue weighted by molar-refractivity contribution is -0.137. The van der Waals surface area contributed by atoms with E-state index in [1.807, 2.05) is 0 Å². The smallest absolute Gasteiger partial charge is 0.302 e. The molecule has 0 N–H and O–H groups in total. The number of esters is 1. The van der Waals surface area contributed by atoms with Gasteiger partial charge in [-0.25, -0.2) is 0 Å². The fraction of sp³-hybridized carbons (Fsp3) is 0.714. The van der Waals surface area contributed by atoms with E-state index in [4.69, 9.17) is 0 Å². The van der Waals surface area contributed by atoms with E-state index in [0.29, 0.717) is 0 Å². The summed E-state index contributed by atoms with van der Waals surface area (Å²) in [6.07, 6.45) is 0.723. The highest BCUT2D eigenvalue weighted by atomic mass is 127. The molecule has 0 amide bonds. The summed E-state index contributed by atoms with van der Waals surface area (Å²) < 4.78 is 5.06. The average Bonchev–Trinajstić information content (AvgIpc) is 1.89. The van der Waals surface area contributed by atoms with E-state index in [-0.39, 0.29) is 11.8 Å². The predicted octanol–water partition coefficient (Wildman–Crippen LogP) is 1.58. The monoisotopic (exact) mass is 272 g/mol. The van der Waals surface area contributed by atoms with Gasteiger partial charge in [0.1, 0.15) is 5.78 Å². The summed E-state index contributed by atoms with van der Waals surface area (Å²) in [6.45, 7) is 2.97. The molecule has 66 valence electrons. The van der Waals surface area contributed by atoms with Crippen molar-refractivity contribution in [2.45, 2.75) is 20.3 Å². The van der Waals surface area contributed by atoms with E-state index in [0.717, 1.165) is 10.8 Å². The Balaban J connectivity index is 0. The molecule has 3 nitrogen and oxygen atoms in total. The van der Waals surface area contributed by atoms with Crippen LogP contribution in [-0.4, -0.2) is 23.3 Å². The van der Waals surface area contributed by atoms with Gasteiger partial charge in [0.15, 0.2) is 0 Å². The summed E-state index contributed by atoms with van der Waals surface area (Å²) in [5.74, 6) is 0.0365. The number of ether oxygens (including phenoxy) is 1. The first kappa shape index (κ1) is 13.5. The van der Waals surface area contributed by atoms with Crippen LogP contribution in [0, 0.1) is 0 Å². The lowest BCUT2D eigenvalue weighted by Crippen LogP contribution is -1.88. The third-order valence-electron chi connectivity index (χ3n) is 0.734. The quantitative estimate of drug-likeness (QED) is 0.435. The van der Waals surface area contributed by atoms with Crippen LogP contribution >= 0.6 is 22.6 Å². The predicted molar refractivity (Wildman–Crippen MR) is 51.9 cm³/mol. The second kappa shape index (κ2) is 9.87. The van der Waals surface area contributed by atoms with E-state index < -0.39 is 0 Å². The zero-order valence-electron chi connectivity index (χ0n) is 7.02. The molecule has 0 heterocycles. The standard InChI is InChI=1S/C4H7IO.C3H6O2/c1-4(6)2-3-5;1-3(4)5-2/h2-3H2,1H3;1-2H3. The average molecular weight is 272 g/mol. The molecule has 0 spiro atoms. The Labute approximate surface area is 80.6 Å². The number of Topliss-reactive ketones (excluding diaryl/α,β-unsaturated/α-hetero) is 1. The number of methoxy groups -OCH3 is 1. The summed E-state index contributed by atoms with van der Waals surface area (Å²) in [4.78, 5) is 19.6. The van der Waals surface area contributed by atoms with Crippen molar-refractivity contribution in [2.24, 2.45) is 0 Å². The van der Waals surface area contributed by atoms with Gasteiger partial charge >= 0.3 is 5.97 Å². The molecule has 11 heavy (non-hydrogen) atoms. The Kier molecular flexibility index (Phi) is 12.1. The van der Waals surface area contributed by atoms with Crippen LogP contribution in [-0.2, 0) is 14.3 Å². The molecule has 0 radical (unpaired) electrons. The highest BCUT2D eigenvalue weighted by Crippen LogP contribution is 1.87. The van der Waals surface area contributed by atoms with Gasteiger partial charge in [0.2, 0.25) is 0 Å². The number of halogens is 1. The second-order valence-electron chi connectivity index (χ2n) is 1.84. The van der Waals surface area contributed by atoms with Crippen LogP contribution < -0.4 is 0 Å². The fourth-order valence-electron chi connectivity index (χ4n) is 0.133. The maximum Gasteiger partial charge on any atom is 0.302 e. The van der Waals surface area contributed by atoms with Crippen LogP contribution in [0.1, 0.15) is 20.3 Å². The van der Waals surface area contributed by atoms with Gasteiger partial charge in [-0.3, -0.25) is 4.79 Å². The zero-order chi connectivity index (χ0) is 9.28. The molecule has 0 aliphatic rings. The summed E-state index contributed by atoms with van der Waals surface area (Å²) >= 11 is 2.18. The van der Waals surface area contributed by atoms with Crippen molar-refractivity contribution in [1.29, 1.82) is 0 Å². The second-order valence-corrected chi connectivity index (χ2v) is 2.92. The molecule has 0 aromatic carbocycles. The van der Waals surface area contributed by atoms with E-state index >= 15 is 0 Å². The van der Waals surface area contributed by atoms with Crippen molar-refractivity contribution in [2.75, 3.05) is 11.5 Å². The lowest BCUT2D eigenvalue weighted by Gasteiger charge is -1.80. The first-order valence-corrected chi connectivity index (χ1v) is 4.67. The Morgan fingerprint density at radius 2 is 1.73 bits per heavy atom. The maximum atomic E-state index is 10.0. The van der Waals surface area contributed by atoms with Crippen LogP contribution in [0.2, 0.25) is 0 Å².